The van der Waals surface area contributed by atoms with Gasteiger partial charge in [-0.3, -0.25) is 0 Å². The Balaban J connectivity index is 3.13. The third-order valence-corrected chi connectivity index (χ3v) is 1.97. The Labute approximate surface area is 85.9 Å². The molecule has 0 fully saturated rings. The van der Waals surface area contributed by atoms with Crippen molar-refractivity contribution in [1.82, 2.24) is 10.0 Å². The minimum atomic E-state index is -1.40. The van der Waals surface area contributed by atoms with Crippen LogP contribution in [0.5, 0.6) is 0 Å². The lowest BCUT2D eigenvalue weighted by Gasteiger charge is -2.24. The van der Waals surface area contributed by atoms with Gasteiger partial charge >= 0.3 is 12.2 Å². The van der Waals surface area contributed by atoms with E-state index >= 15 is 0 Å². The van der Waals surface area contributed by atoms with Crippen LogP contribution in [0.25, 0.3) is 0 Å². The molecule has 80 valence electrons. The molecule has 6 heteroatoms. The quantitative estimate of drug-likeness (QED) is 0.485. The summed E-state index contributed by atoms with van der Waals surface area (Å²) in [7, 11) is 1.24. The first-order valence-corrected chi connectivity index (χ1v) is 4.13. The zero-order valence-electron chi connectivity index (χ0n) is 8.04. The topological polar surface area (TPSA) is 86.6 Å². The lowest BCUT2D eigenvalue weighted by molar-refractivity contribution is 0.124. The van der Waals surface area contributed by atoms with Gasteiger partial charge in [0.05, 0.1) is 0 Å². The fraction of sp³-hybridized carbons (Fsp3) is 0.111. The van der Waals surface area contributed by atoms with E-state index in [0.717, 1.165) is 0 Å². The van der Waals surface area contributed by atoms with E-state index in [0.29, 0.717) is 5.69 Å². The van der Waals surface area contributed by atoms with Gasteiger partial charge in [0.25, 0.3) is 0 Å². The number of nitrogens with one attached hydrogen (secondary N) is 1. The number of carbonyl (C=O) groups is 2. The van der Waals surface area contributed by atoms with Gasteiger partial charge in [-0.25, -0.2) is 4.79 Å². The molecule has 0 aromatic heterocycles. The number of para-hydroxylation sites is 1. The van der Waals surface area contributed by atoms with Crippen LogP contribution in [0.15, 0.2) is 30.3 Å². The second kappa shape index (κ2) is 3.97. The van der Waals surface area contributed by atoms with Crippen LogP contribution >= 0.6 is 0 Å². The largest absolute Gasteiger partial charge is 0.544 e. The number of amides is 2. The first kappa shape index (κ1) is 11.0. The van der Waals surface area contributed by atoms with Crippen molar-refractivity contribution in [3.8, 4) is 0 Å². The summed E-state index contributed by atoms with van der Waals surface area (Å²) < 4.78 is -0.907. The van der Waals surface area contributed by atoms with E-state index in [4.69, 9.17) is 10.2 Å². The van der Waals surface area contributed by atoms with E-state index in [1.807, 2.05) is 5.43 Å². The van der Waals surface area contributed by atoms with E-state index in [2.05, 4.69) is 0 Å². The van der Waals surface area contributed by atoms with Crippen molar-refractivity contribution >= 4 is 17.9 Å². The van der Waals surface area contributed by atoms with Crippen molar-refractivity contribution < 1.29 is 19.8 Å². The molecule has 0 heterocycles. The summed E-state index contributed by atoms with van der Waals surface area (Å²) >= 11 is 0. The average molecular weight is 211 g/mol. The standard InChI is InChI=1S/C9H10N2O4/c1-11(9(14)15,10-8(12)13)7-5-3-2-4-6-7/h2-6,10H,1H3,(H-,12,13,14,15)/p+1. The Kier molecular flexibility index (Phi) is 2.91. The van der Waals surface area contributed by atoms with Gasteiger partial charge in [-0.2, -0.15) is 4.79 Å². The van der Waals surface area contributed by atoms with Crippen LogP contribution in [0, 0.1) is 0 Å². The number of quaternary nitrogens is 1. The summed E-state index contributed by atoms with van der Waals surface area (Å²) in [5, 5.41) is 17.6. The molecule has 1 atom stereocenters. The van der Waals surface area contributed by atoms with Gasteiger partial charge in [-0.1, -0.05) is 22.8 Å². The molecule has 0 aliphatic rings. The Morgan fingerprint density at radius 2 is 1.73 bits per heavy atom. The second-order valence-corrected chi connectivity index (χ2v) is 3.04. The van der Waals surface area contributed by atoms with Crippen molar-refractivity contribution in [3.05, 3.63) is 30.3 Å². The molecule has 0 radical (unpaired) electrons. The maximum Gasteiger partial charge on any atom is 0.544 e. The molecule has 0 aliphatic carbocycles. The summed E-state index contributed by atoms with van der Waals surface area (Å²) in [4.78, 5) is 21.5. The van der Waals surface area contributed by atoms with Crippen molar-refractivity contribution in [2.24, 2.45) is 0 Å². The van der Waals surface area contributed by atoms with E-state index in [1.165, 1.54) is 19.2 Å². The molecule has 0 spiro atoms. The molecular weight excluding hydrogens is 200 g/mol. The number of nitrogens with zero attached hydrogens (tertiary/aromatic N) is 1. The maximum absolute atomic E-state index is 11.0. The summed E-state index contributed by atoms with van der Waals surface area (Å²) in [5.41, 5.74) is 2.25. The van der Waals surface area contributed by atoms with Crippen LogP contribution < -0.4 is 10.0 Å². The molecule has 1 aromatic carbocycles. The maximum atomic E-state index is 11.0. The van der Waals surface area contributed by atoms with Crippen LogP contribution in [-0.2, 0) is 0 Å². The summed E-state index contributed by atoms with van der Waals surface area (Å²) in [6.45, 7) is 0. The van der Waals surface area contributed by atoms with Gasteiger partial charge in [0, 0.05) is 12.1 Å². The number of benzene rings is 1. The van der Waals surface area contributed by atoms with Crippen molar-refractivity contribution in [1.29, 1.82) is 0 Å². The zero-order valence-corrected chi connectivity index (χ0v) is 8.04. The highest BCUT2D eigenvalue weighted by atomic mass is 16.4. The lowest BCUT2D eigenvalue weighted by Crippen LogP contribution is -2.61. The Morgan fingerprint density at radius 1 is 1.20 bits per heavy atom. The fourth-order valence-corrected chi connectivity index (χ4v) is 1.14. The summed E-state index contributed by atoms with van der Waals surface area (Å²) in [6, 6.07) is 8.06. The monoisotopic (exact) mass is 211 g/mol. The fourth-order valence-electron chi connectivity index (χ4n) is 1.14. The zero-order chi connectivity index (χ0) is 11.5. The highest BCUT2D eigenvalue weighted by molar-refractivity contribution is 5.83. The molecule has 0 saturated carbocycles. The average Bonchev–Trinajstić information content (AvgIpc) is 2.17. The van der Waals surface area contributed by atoms with Crippen molar-refractivity contribution in [2.45, 2.75) is 0 Å². The number of rotatable bonds is 1. The first-order valence-electron chi connectivity index (χ1n) is 4.13. The van der Waals surface area contributed by atoms with Crippen LogP contribution in [0.3, 0.4) is 0 Å². The van der Waals surface area contributed by atoms with Gasteiger partial charge in [-0.05, 0) is 0 Å². The number of hydrogen-bond donors (Lipinski definition) is 3. The van der Waals surface area contributed by atoms with Crippen LogP contribution in [-0.4, -0.2) is 29.4 Å². The molecular formula is C9H11N2O4+. The molecule has 0 bridgehead atoms. The predicted molar refractivity (Wildman–Crippen MR) is 53.3 cm³/mol. The minimum Gasteiger partial charge on any atom is -0.462 e. The predicted octanol–water partition coefficient (Wildman–Crippen LogP) is 1.48. The minimum absolute atomic E-state index is 0.326. The van der Waals surface area contributed by atoms with E-state index < -0.39 is 16.8 Å². The summed E-state index contributed by atoms with van der Waals surface area (Å²) in [6.07, 6.45) is -2.70. The van der Waals surface area contributed by atoms with E-state index in [9.17, 15) is 9.59 Å². The summed E-state index contributed by atoms with van der Waals surface area (Å²) in [5.74, 6) is 0. The van der Waals surface area contributed by atoms with Gasteiger partial charge in [0.15, 0.2) is 5.69 Å². The Hall–Kier alpha value is -2.08. The molecule has 1 unspecified atom stereocenters. The van der Waals surface area contributed by atoms with E-state index in [-0.39, 0.29) is 0 Å². The van der Waals surface area contributed by atoms with Crippen LogP contribution in [0.2, 0.25) is 0 Å². The SMILES string of the molecule is C[N+](NC(=O)O)(C(=O)O)c1ccccc1. The Morgan fingerprint density at radius 3 is 2.13 bits per heavy atom. The molecule has 6 nitrogen and oxygen atoms in total. The van der Waals surface area contributed by atoms with E-state index in [1.54, 1.807) is 18.2 Å². The number of carboxylic acid groups (broad SMARTS) is 2. The molecule has 1 aromatic rings. The Bertz CT molecular complexity index is 379. The smallest absolute Gasteiger partial charge is 0.462 e. The van der Waals surface area contributed by atoms with Crippen LogP contribution in [0.4, 0.5) is 15.3 Å². The lowest BCUT2D eigenvalue weighted by atomic mass is 10.3. The molecule has 2 amide bonds. The van der Waals surface area contributed by atoms with Crippen molar-refractivity contribution in [2.75, 3.05) is 7.05 Å². The normalized spacial score (nSPS) is 13.9. The second-order valence-electron chi connectivity index (χ2n) is 3.04. The number of hydrogen-bond acceptors (Lipinski definition) is 2. The van der Waals surface area contributed by atoms with Gasteiger partial charge < -0.3 is 10.2 Å². The molecule has 0 aliphatic heterocycles. The third kappa shape index (κ3) is 2.23. The van der Waals surface area contributed by atoms with Gasteiger partial charge in [0.2, 0.25) is 0 Å². The first-order chi connectivity index (χ1) is 6.97. The van der Waals surface area contributed by atoms with Gasteiger partial charge in [-0.15, -0.1) is 5.43 Å². The molecule has 0 saturated heterocycles. The van der Waals surface area contributed by atoms with Crippen molar-refractivity contribution in [3.63, 3.8) is 0 Å². The van der Waals surface area contributed by atoms with Gasteiger partial charge in [0.1, 0.15) is 7.05 Å². The highest BCUT2D eigenvalue weighted by Gasteiger charge is 2.37. The highest BCUT2D eigenvalue weighted by Crippen LogP contribution is 2.17. The third-order valence-electron chi connectivity index (χ3n) is 1.97. The molecule has 15 heavy (non-hydrogen) atoms. The molecule has 1 rings (SSSR count). The molecule has 3 N–H and O–H groups in total. The van der Waals surface area contributed by atoms with Crippen LogP contribution in [0.1, 0.15) is 0 Å².